The van der Waals surface area contributed by atoms with Crippen molar-refractivity contribution in [1.82, 2.24) is 19.3 Å². The van der Waals surface area contributed by atoms with E-state index in [0.29, 0.717) is 12.5 Å². The highest BCUT2D eigenvalue weighted by molar-refractivity contribution is 9.10. The van der Waals surface area contributed by atoms with Gasteiger partial charge in [-0.25, -0.2) is 4.98 Å². The van der Waals surface area contributed by atoms with Crippen molar-refractivity contribution in [3.8, 4) is 0 Å². The van der Waals surface area contributed by atoms with Crippen molar-refractivity contribution in [3.63, 3.8) is 0 Å². The van der Waals surface area contributed by atoms with Crippen LogP contribution >= 0.6 is 15.9 Å². The maximum absolute atomic E-state index is 6.02. The van der Waals surface area contributed by atoms with E-state index in [2.05, 4.69) is 26.0 Å². The number of imidazole rings is 1. The topological polar surface area (TPSA) is 61.7 Å². The van der Waals surface area contributed by atoms with E-state index in [1.165, 1.54) is 0 Å². The van der Waals surface area contributed by atoms with Gasteiger partial charge in [0.2, 0.25) is 5.95 Å². The first-order valence-electron chi connectivity index (χ1n) is 5.95. The highest BCUT2D eigenvalue weighted by Gasteiger charge is 2.11. The smallest absolute Gasteiger partial charge is 0.201 e. The number of nitrogens with zero attached hydrogens (tertiary/aromatic N) is 4. The molecule has 0 aliphatic heterocycles. The van der Waals surface area contributed by atoms with Crippen LogP contribution in [0, 0.1) is 6.92 Å². The molecule has 0 aliphatic carbocycles. The molecule has 2 aromatic heterocycles. The zero-order valence-electron chi connectivity index (χ0n) is 10.8. The molecule has 2 heterocycles. The Morgan fingerprint density at radius 3 is 2.84 bits per heavy atom. The van der Waals surface area contributed by atoms with Crippen molar-refractivity contribution in [2.75, 3.05) is 5.73 Å². The van der Waals surface area contributed by atoms with Crippen LogP contribution in [-0.4, -0.2) is 19.3 Å². The van der Waals surface area contributed by atoms with Crippen LogP contribution in [0.2, 0.25) is 0 Å². The summed E-state index contributed by atoms with van der Waals surface area (Å²) in [6.45, 7) is 2.73. The van der Waals surface area contributed by atoms with Gasteiger partial charge in [-0.3, -0.25) is 4.68 Å². The fraction of sp³-hybridized carbons (Fsp3) is 0.231. The SMILES string of the molecule is Cc1c(Cn2c(N)nc3cc(Br)ccc32)cnn1C. The number of rotatable bonds is 2. The lowest BCUT2D eigenvalue weighted by Crippen LogP contribution is -2.05. The molecule has 3 rings (SSSR count). The van der Waals surface area contributed by atoms with E-state index < -0.39 is 0 Å². The Balaban J connectivity index is 2.10. The summed E-state index contributed by atoms with van der Waals surface area (Å²) in [5.41, 5.74) is 10.2. The molecule has 0 atom stereocenters. The van der Waals surface area contributed by atoms with Crippen LogP contribution < -0.4 is 5.73 Å². The number of nitrogen functional groups attached to an aromatic ring is 1. The molecule has 0 bridgehead atoms. The molecule has 0 unspecified atom stereocenters. The summed E-state index contributed by atoms with van der Waals surface area (Å²) in [4.78, 5) is 4.39. The molecule has 98 valence electrons. The highest BCUT2D eigenvalue weighted by atomic mass is 79.9. The molecule has 3 aromatic rings. The summed E-state index contributed by atoms with van der Waals surface area (Å²) in [7, 11) is 1.94. The summed E-state index contributed by atoms with van der Waals surface area (Å²) in [5.74, 6) is 0.524. The van der Waals surface area contributed by atoms with Crippen LogP contribution in [0.15, 0.2) is 28.9 Å². The number of hydrogen-bond acceptors (Lipinski definition) is 3. The van der Waals surface area contributed by atoms with E-state index in [1.807, 2.05) is 47.6 Å². The quantitative estimate of drug-likeness (QED) is 0.789. The van der Waals surface area contributed by atoms with Gasteiger partial charge in [0.15, 0.2) is 0 Å². The standard InChI is InChI=1S/C13H14BrN5/c1-8-9(6-16-18(8)2)7-19-12-4-3-10(14)5-11(12)17-13(19)15/h3-6H,7H2,1-2H3,(H2,15,17). The molecule has 0 saturated heterocycles. The minimum absolute atomic E-state index is 0.524. The van der Waals surface area contributed by atoms with Crippen LogP contribution in [0.25, 0.3) is 11.0 Å². The number of fused-ring (bicyclic) bond motifs is 1. The number of aryl methyl sites for hydroxylation is 1. The average Bonchev–Trinajstić information content (AvgIpc) is 2.84. The van der Waals surface area contributed by atoms with Crippen molar-refractivity contribution in [2.45, 2.75) is 13.5 Å². The Morgan fingerprint density at radius 1 is 1.37 bits per heavy atom. The molecule has 0 spiro atoms. The maximum Gasteiger partial charge on any atom is 0.201 e. The first-order valence-corrected chi connectivity index (χ1v) is 6.74. The van der Waals surface area contributed by atoms with Crippen LogP contribution in [-0.2, 0) is 13.6 Å². The van der Waals surface area contributed by atoms with Gasteiger partial charge in [0, 0.05) is 22.8 Å². The summed E-state index contributed by atoms with van der Waals surface area (Å²) < 4.78 is 4.87. The summed E-state index contributed by atoms with van der Waals surface area (Å²) in [6.07, 6.45) is 1.87. The van der Waals surface area contributed by atoms with Crippen molar-refractivity contribution >= 4 is 32.9 Å². The van der Waals surface area contributed by atoms with Crippen molar-refractivity contribution in [2.24, 2.45) is 7.05 Å². The summed E-state index contributed by atoms with van der Waals surface area (Å²) in [6, 6.07) is 5.99. The van der Waals surface area contributed by atoms with Crippen LogP contribution in [0.3, 0.4) is 0 Å². The fourth-order valence-electron chi connectivity index (χ4n) is 2.16. The Bertz CT molecular complexity index is 756. The third-order valence-corrected chi connectivity index (χ3v) is 3.90. The first kappa shape index (κ1) is 12.2. The summed E-state index contributed by atoms with van der Waals surface area (Å²) >= 11 is 3.44. The lowest BCUT2D eigenvalue weighted by molar-refractivity contribution is 0.734. The Labute approximate surface area is 119 Å². The number of aromatic nitrogens is 4. The Kier molecular flexibility index (Phi) is 2.82. The Hall–Kier alpha value is -1.82. The van der Waals surface area contributed by atoms with Gasteiger partial charge in [-0.1, -0.05) is 15.9 Å². The lowest BCUT2D eigenvalue weighted by Gasteiger charge is -2.06. The molecule has 19 heavy (non-hydrogen) atoms. The molecular formula is C13H14BrN5. The molecule has 0 amide bonds. The number of benzene rings is 1. The largest absolute Gasteiger partial charge is 0.369 e. The monoisotopic (exact) mass is 319 g/mol. The number of anilines is 1. The van der Waals surface area contributed by atoms with Crippen LogP contribution in [0.1, 0.15) is 11.3 Å². The van der Waals surface area contributed by atoms with Crippen LogP contribution in [0.5, 0.6) is 0 Å². The molecular weight excluding hydrogens is 306 g/mol. The molecule has 0 fully saturated rings. The molecule has 6 heteroatoms. The van der Waals surface area contributed by atoms with Gasteiger partial charge >= 0.3 is 0 Å². The lowest BCUT2D eigenvalue weighted by atomic mass is 10.2. The maximum atomic E-state index is 6.02. The average molecular weight is 320 g/mol. The van der Waals surface area contributed by atoms with Gasteiger partial charge in [-0.2, -0.15) is 5.10 Å². The Morgan fingerprint density at radius 2 is 2.16 bits per heavy atom. The van der Waals surface area contributed by atoms with Crippen molar-refractivity contribution in [3.05, 3.63) is 40.1 Å². The zero-order chi connectivity index (χ0) is 13.6. The summed E-state index contributed by atoms with van der Waals surface area (Å²) in [5, 5.41) is 4.26. The van der Waals surface area contributed by atoms with E-state index in [0.717, 1.165) is 26.8 Å². The molecule has 2 N–H and O–H groups in total. The van der Waals surface area contributed by atoms with Crippen LogP contribution in [0.4, 0.5) is 5.95 Å². The molecule has 0 radical (unpaired) electrons. The normalized spacial score (nSPS) is 11.3. The van der Waals surface area contributed by atoms with Gasteiger partial charge in [0.05, 0.1) is 23.8 Å². The third kappa shape index (κ3) is 2.02. The molecule has 0 saturated carbocycles. The van der Waals surface area contributed by atoms with Gasteiger partial charge < -0.3 is 10.3 Å². The van der Waals surface area contributed by atoms with E-state index in [-0.39, 0.29) is 0 Å². The minimum atomic E-state index is 0.524. The third-order valence-electron chi connectivity index (χ3n) is 3.41. The van der Waals surface area contributed by atoms with Gasteiger partial charge in [0.1, 0.15) is 0 Å². The second-order valence-electron chi connectivity index (χ2n) is 4.57. The molecule has 1 aromatic carbocycles. The minimum Gasteiger partial charge on any atom is -0.369 e. The molecule has 5 nitrogen and oxygen atoms in total. The fourth-order valence-corrected chi connectivity index (χ4v) is 2.51. The first-order chi connectivity index (χ1) is 9.06. The van der Waals surface area contributed by atoms with Gasteiger partial charge in [-0.15, -0.1) is 0 Å². The predicted molar refractivity (Wildman–Crippen MR) is 78.9 cm³/mol. The van der Waals surface area contributed by atoms with Crippen molar-refractivity contribution < 1.29 is 0 Å². The number of halogens is 1. The predicted octanol–water partition coefficient (Wildman–Crippen LogP) is 2.47. The number of nitrogens with two attached hydrogens (primary N) is 1. The van der Waals surface area contributed by atoms with E-state index in [1.54, 1.807) is 0 Å². The second-order valence-corrected chi connectivity index (χ2v) is 5.48. The highest BCUT2D eigenvalue weighted by Crippen LogP contribution is 2.23. The van der Waals surface area contributed by atoms with Gasteiger partial charge in [0.25, 0.3) is 0 Å². The number of hydrogen-bond donors (Lipinski definition) is 1. The van der Waals surface area contributed by atoms with E-state index in [9.17, 15) is 0 Å². The zero-order valence-corrected chi connectivity index (χ0v) is 12.3. The second kappa shape index (κ2) is 4.38. The van der Waals surface area contributed by atoms with E-state index in [4.69, 9.17) is 5.73 Å². The van der Waals surface area contributed by atoms with Crippen molar-refractivity contribution in [1.29, 1.82) is 0 Å². The van der Waals surface area contributed by atoms with Gasteiger partial charge in [-0.05, 0) is 25.1 Å². The molecule has 0 aliphatic rings. The van der Waals surface area contributed by atoms with E-state index >= 15 is 0 Å².